The molecule has 1 saturated carbocycles. The van der Waals surface area contributed by atoms with E-state index in [1.54, 1.807) is 0 Å². The van der Waals surface area contributed by atoms with E-state index in [4.69, 9.17) is 10.6 Å². The lowest BCUT2D eigenvalue weighted by molar-refractivity contribution is -0.0824. The van der Waals surface area contributed by atoms with Crippen LogP contribution in [-0.2, 0) is 0 Å². The van der Waals surface area contributed by atoms with Crippen LogP contribution < -0.4 is 0 Å². The molecule has 0 saturated heterocycles. The predicted molar refractivity (Wildman–Crippen MR) is 37.7 cm³/mol. The molecule has 4 nitrogen and oxygen atoms in total. The summed E-state index contributed by atoms with van der Waals surface area (Å²) in [5, 5.41) is 12.3. The first-order chi connectivity index (χ1) is 5.55. The second kappa shape index (κ2) is 3.25. The van der Waals surface area contributed by atoms with Gasteiger partial charge in [0.15, 0.2) is 0 Å². The molecule has 0 aliphatic heterocycles. The third-order valence-corrected chi connectivity index (χ3v) is 1.96. The molecule has 12 heavy (non-hydrogen) atoms. The first-order valence-electron chi connectivity index (χ1n) is 3.65. The average Bonchev–Trinajstić information content (AvgIpc) is 1.94. The first-order valence-corrected chi connectivity index (χ1v) is 3.65. The zero-order valence-corrected chi connectivity index (χ0v) is 6.32. The van der Waals surface area contributed by atoms with Crippen molar-refractivity contribution < 1.29 is 13.9 Å². The van der Waals surface area contributed by atoms with Gasteiger partial charge in [0.05, 0.1) is 12.1 Å². The highest BCUT2D eigenvalue weighted by Crippen LogP contribution is 2.34. The van der Waals surface area contributed by atoms with Crippen molar-refractivity contribution in [3.8, 4) is 0 Å². The van der Waals surface area contributed by atoms with Crippen LogP contribution in [0.15, 0.2) is 5.11 Å². The fourth-order valence-electron chi connectivity index (χ4n) is 1.30. The van der Waals surface area contributed by atoms with Crippen molar-refractivity contribution in [2.45, 2.75) is 37.3 Å². The molecule has 0 radical (unpaired) electrons. The van der Waals surface area contributed by atoms with Crippen LogP contribution in [0.25, 0.3) is 10.4 Å². The van der Waals surface area contributed by atoms with Crippen LogP contribution in [-0.4, -0.2) is 23.2 Å². The zero-order valence-electron chi connectivity index (χ0n) is 6.32. The topological polar surface area (TPSA) is 69.0 Å². The van der Waals surface area contributed by atoms with E-state index in [0.29, 0.717) is 0 Å². The Morgan fingerprint density at radius 2 is 2.25 bits per heavy atom. The Balaban J connectivity index is 2.59. The van der Waals surface area contributed by atoms with E-state index in [2.05, 4.69) is 10.0 Å². The summed E-state index contributed by atoms with van der Waals surface area (Å²) in [6, 6.07) is -0.686. The third kappa shape index (κ3) is 2.06. The number of hydrogen-bond acceptors (Lipinski definition) is 2. The third-order valence-electron chi connectivity index (χ3n) is 1.96. The van der Waals surface area contributed by atoms with Crippen LogP contribution in [0.4, 0.5) is 8.78 Å². The summed E-state index contributed by atoms with van der Waals surface area (Å²) in [6.07, 6.45) is -2.06. The SMILES string of the molecule is [N-]=[N+]=N[C@@H]1CCC(F)(F)C[C@H]1O. The van der Waals surface area contributed by atoms with E-state index in [-0.39, 0.29) is 12.8 Å². The molecule has 1 aliphatic carbocycles. The number of azide groups is 1. The van der Waals surface area contributed by atoms with Crippen LogP contribution in [0.5, 0.6) is 0 Å². The number of aliphatic hydroxyl groups is 1. The van der Waals surface area contributed by atoms with E-state index in [1.807, 2.05) is 0 Å². The van der Waals surface area contributed by atoms with Gasteiger partial charge in [0.2, 0.25) is 0 Å². The van der Waals surface area contributed by atoms with Gasteiger partial charge in [0.25, 0.3) is 5.92 Å². The van der Waals surface area contributed by atoms with Crippen LogP contribution in [0.3, 0.4) is 0 Å². The number of hydrogen-bond donors (Lipinski definition) is 1. The number of rotatable bonds is 1. The average molecular weight is 177 g/mol. The predicted octanol–water partition coefficient (Wildman–Crippen LogP) is 1.85. The van der Waals surface area contributed by atoms with Gasteiger partial charge in [-0.3, -0.25) is 0 Å². The second-order valence-corrected chi connectivity index (χ2v) is 2.94. The molecule has 6 heteroatoms. The molecule has 0 heterocycles. The Morgan fingerprint density at radius 3 is 2.75 bits per heavy atom. The zero-order chi connectivity index (χ0) is 9.19. The number of aliphatic hydroxyl groups excluding tert-OH is 1. The molecule has 1 rings (SSSR count). The smallest absolute Gasteiger partial charge is 0.250 e. The Labute approximate surface area is 67.8 Å². The van der Waals surface area contributed by atoms with Gasteiger partial charge in [-0.15, -0.1) is 0 Å². The number of nitrogens with zero attached hydrogens (tertiary/aromatic N) is 3. The minimum absolute atomic E-state index is 0.0538. The van der Waals surface area contributed by atoms with Crippen LogP contribution in [0, 0.1) is 0 Å². The highest BCUT2D eigenvalue weighted by molar-refractivity contribution is 4.88. The summed E-state index contributed by atoms with van der Waals surface area (Å²) in [5.41, 5.74) is 8.03. The minimum atomic E-state index is -2.80. The highest BCUT2D eigenvalue weighted by atomic mass is 19.3. The maximum absolute atomic E-state index is 12.6. The lowest BCUT2D eigenvalue weighted by Gasteiger charge is -2.29. The second-order valence-electron chi connectivity index (χ2n) is 2.94. The molecule has 0 amide bonds. The largest absolute Gasteiger partial charge is 0.392 e. The molecule has 0 aromatic carbocycles. The molecule has 0 bridgehead atoms. The van der Waals surface area contributed by atoms with Gasteiger partial charge < -0.3 is 5.11 Å². The van der Waals surface area contributed by atoms with Crippen molar-refractivity contribution in [1.82, 2.24) is 0 Å². The van der Waals surface area contributed by atoms with Crippen LogP contribution in [0.2, 0.25) is 0 Å². The Morgan fingerprint density at radius 1 is 1.58 bits per heavy atom. The fraction of sp³-hybridized carbons (Fsp3) is 1.00. The standard InChI is InChI=1S/C6H9F2N3O/c7-6(8)2-1-4(10-11-9)5(12)3-6/h4-5,12H,1-3H2/t4-,5-/m1/s1. The molecule has 1 N–H and O–H groups in total. The van der Waals surface area contributed by atoms with Crippen molar-refractivity contribution in [2.75, 3.05) is 0 Å². The molecule has 1 fully saturated rings. The van der Waals surface area contributed by atoms with Gasteiger partial charge in [0, 0.05) is 17.8 Å². The van der Waals surface area contributed by atoms with Gasteiger partial charge in [-0.25, -0.2) is 8.78 Å². The van der Waals surface area contributed by atoms with E-state index < -0.39 is 24.5 Å². The van der Waals surface area contributed by atoms with Crippen molar-refractivity contribution in [3.63, 3.8) is 0 Å². The monoisotopic (exact) mass is 177 g/mol. The van der Waals surface area contributed by atoms with Crippen LogP contribution in [0.1, 0.15) is 19.3 Å². The van der Waals surface area contributed by atoms with Gasteiger partial charge in [-0.2, -0.15) is 0 Å². The summed E-state index contributed by atoms with van der Waals surface area (Å²) < 4.78 is 25.1. The molecule has 2 atom stereocenters. The summed E-state index contributed by atoms with van der Waals surface area (Å²) in [4.78, 5) is 2.48. The molecule has 1 aliphatic rings. The van der Waals surface area contributed by atoms with Gasteiger partial charge >= 0.3 is 0 Å². The van der Waals surface area contributed by atoms with E-state index >= 15 is 0 Å². The summed E-state index contributed by atoms with van der Waals surface area (Å²) >= 11 is 0. The van der Waals surface area contributed by atoms with E-state index in [1.165, 1.54) is 0 Å². The van der Waals surface area contributed by atoms with Crippen molar-refractivity contribution >= 4 is 0 Å². The van der Waals surface area contributed by atoms with E-state index in [0.717, 1.165) is 0 Å². The molecule has 0 unspecified atom stereocenters. The highest BCUT2D eigenvalue weighted by Gasteiger charge is 2.40. The maximum atomic E-state index is 12.6. The molecular formula is C6H9F2N3O. The summed E-state index contributed by atoms with van der Waals surface area (Å²) in [6.45, 7) is 0. The Hall–Kier alpha value is -0.870. The van der Waals surface area contributed by atoms with E-state index in [9.17, 15) is 8.78 Å². The van der Waals surface area contributed by atoms with Crippen molar-refractivity contribution in [3.05, 3.63) is 10.4 Å². The minimum Gasteiger partial charge on any atom is -0.392 e. The molecule has 68 valence electrons. The van der Waals surface area contributed by atoms with Crippen molar-refractivity contribution in [2.24, 2.45) is 5.11 Å². The van der Waals surface area contributed by atoms with Crippen LogP contribution >= 0.6 is 0 Å². The lowest BCUT2D eigenvalue weighted by Crippen LogP contribution is -2.38. The molecule has 0 aromatic heterocycles. The first kappa shape index (κ1) is 9.22. The normalized spacial score (nSPS) is 33.9. The molecular weight excluding hydrogens is 168 g/mol. The fourth-order valence-corrected chi connectivity index (χ4v) is 1.30. The van der Waals surface area contributed by atoms with Crippen molar-refractivity contribution in [1.29, 1.82) is 0 Å². The molecule has 0 spiro atoms. The summed E-state index contributed by atoms with van der Waals surface area (Å²) in [5.74, 6) is -2.80. The quantitative estimate of drug-likeness (QED) is 0.370. The Kier molecular flexibility index (Phi) is 2.49. The Bertz CT molecular complexity index is 215. The maximum Gasteiger partial charge on any atom is 0.250 e. The lowest BCUT2D eigenvalue weighted by atomic mass is 9.90. The van der Waals surface area contributed by atoms with Gasteiger partial charge in [-0.05, 0) is 12.0 Å². The number of halogens is 2. The van der Waals surface area contributed by atoms with Gasteiger partial charge in [0.1, 0.15) is 0 Å². The molecule has 0 aromatic rings. The number of alkyl halides is 2. The van der Waals surface area contributed by atoms with Gasteiger partial charge in [-0.1, -0.05) is 5.11 Å². The summed E-state index contributed by atoms with van der Waals surface area (Å²) in [7, 11) is 0.